The molecule has 1 heterocycles. The van der Waals surface area contributed by atoms with Gasteiger partial charge in [0.1, 0.15) is 12.0 Å². The summed E-state index contributed by atoms with van der Waals surface area (Å²) in [5.41, 5.74) is 5.44. The average molecular weight is 234 g/mol. The van der Waals surface area contributed by atoms with Crippen molar-refractivity contribution in [2.45, 2.75) is 51.1 Å². The quantitative estimate of drug-likeness (QED) is 0.781. The van der Waals surface area contributed by atoms with Crippen molar-refractivity contribution in [1.82, 2.24) is 4.90 Å². The largest absolute Gasteiger partial charge is 0.368 e. The smallest absolute Gasteiger partial charge is 0.236 e. The highest BCUT2D eigenvalue weighted by Gasteiger charge is 2.42. The van der Waals surface area contributed by atoms with Gasteiger partial charge in [-0.3, -0.25) is 9.69 Å². The molecule has 1 saturated carbocycles. The normalized spacial score (nSPS) is 35.6. The van der Waals surface area contributed by atoms with Crippen molar-refractivity contribution in [3.05, 3.63) is 5.92 Å². The van der Waals surface area contributed by atoms with Gasteiger partial charge in [0, 0.05) is 12.6 Å². The highest BCUT2D eigenvalue weighted by atomic mass is 16.1. The highest BCUT2D eigenvalue weighted by molar-refractivity contribution is 5.84. The van der Waals surface area contributed by atoms with E-state index < -0.39 is 6.04 Å². The average Bonchev–Trinajstić information content (AvgIpc) is 2.73. The van der Waals surface area contributed by atoms with Crippen LogP contribution in [0.25, 0.3) is 0 Å². The van der Waals surface area contributed by atoms with Gasteiger partial charge in [0.05, 0.1) is 6.07 Å². The number of likely N-dealkylation sites (tertiary alicyclic amines) is 1. The predicted octanol–water partition coefficient (Wildman–Crippen LogP) is 1.22. The first-order valence-electron chi connectivity index (χ1n) is 6.44. The van der Waals surface area contributed by atoms with Crippen LogP contribution in [-0.2, 0) is 4.79 Å². The first-order chi connectivity index (χ1) is 8.13. The maximum Gasteiger partial charge on any atom is 0.236 e. The van der Waals surface area contributed by atoms with Crippen LogP contribution in [0.5, 0.6) is 0 Å². The summed E-state index contributed by atoms with van der Waals surface area (Å²) >= 11 is 0. The van der Waals surface area contributed by atoms with Crippen molar-refractivity contribution in [2.24, 2.45) is 11.7 Å². The molecule has 4 nitrogen and oxygen atoms in total. The zero-order chi connectivity index (χ0) is 12.4. The fraction of sp³-hybridized carbons (Fsp3) is 0.769. The van der Waals surface area contributed by atoms with Gasteiger partial charge in [0.25, 0.3) is 0 Å². The molecule has 1 amide bonds. The molecule has 0 aromatic rings. The van der Waals surface area contributed by atoms with Gasteiger partial charge in [-0.15, -0.1) is 0 Å². The lowest BCUT2D eigenvalue weighted by Crippen LogP contribution is -2.48. The molecule has 2 fully saturated rings. The van der Waals surface area contributed by atoms with E-state index in [0.29, 0.717) is 18.4 Å². The standard InChI is InChI=1S/C13H20N3O/c1-9-2-4-11(5-3-9)16-7-6-10(8-14)12(16)13(15)17/h9,11-12H,2-7H2,1H3,(H2,15,17). The second-order valence-electron chi connectivity index (χ2n) is 5.34. The van der Waals surface area contributed by atoms with E-state index in [1.807, 2.05) is 0 Å². The Morgan fingerprint density at radius 3 is 2.59 bits per heavy atom. The first kappa shape index (κ1) is 12.4. The van der Waals surface area contributed by atoms with Crippen molar-refractivity contribution in [2.75, 3.05) is 6.54 Å². The van der Waals surface area contributed by atoms with Gasteiger partial charge in [0.2, 0.25) is 5.91 Å². The van der Waals surface area contributed by atoms with E-state index in [4.69, 9.17) is 11.0 Å². The number of carbonyl (C=O) groups excluding carboxylic acids is 1. The van der Waals surface area contributed by atoms with Gasteiger partial charge >= 0.3 is 0 Å². The number of hydrogen-bond donors (Lipinski definition) is 1. The van der Waals surface area contributed by atoms with E-state index in [1.54, 1.807) is 0 Å². The van der Waals surface area contributed by atoms with E-state index in [9.17, 15) is 4.79 Å². The Balaban J connectivity index is 2.05. The topological polar surface area (TPSA) is 70.1 Å². The van der Waals surface area contributed by atoms with Crippen LogP contribution in [0.1, 0.15) is 39.0 Å². The second-order valence-corrected chi connectivity index (χ2v) is 5.34. The summed E-state index contributed by atoms with van der Waals surface area (Å²) in [6.07, 6.45) is 5.40. The molecular formula is C13H20N3O. The van der Waals surface area contributed by atoms with E-state index >= 15 is 0 Å². The highest BCUT2D eigenvalue weighted by Crippen LogP contribution is 2.34. The summed E-state index contributed by atoms with van der Waals surface area (Å²) in [6, 6.07) is 2.15. The molecule has 1 aliphatic carbocycles. The van der Waals surface area contributed by atoms with E-state index in [2.05, 4.69) is 17.9 Å². The van der Waals surface area contributed by atoms with Gasteiger partial charge in [-0.1, -0.05) is 6.92 Å². The molecule has 4 heteroatoms. The molecule has 1 radical (unpaired) electrons. The third kappa shape index (κ3) is 2.44. The van der Waals surface area contributed by atoms with Crippen LogP contribution >= 0.6 is 0 Å². The lowest BCUT2D eigenvalue weighted by Gasteiger charge is -2.36. The third-order valence-corrected chi connectivity index (χ3v) is 4.17. The van der Waals surface area contributed by atoms with Crippen molar-refractivity contribution in [1.29, 1.82) is 5.26 Å². The van der Waals surface area contributed by atoms with E-state index in [1.165, 1.54) is 12.8 Å². The van der Waals surface area contributed by atoms with Crippen LogP contribution in [0.2, 0.25) is 0 Å². The Bertz CT molecular complexity index is 328. The van der Waals surface area contributed by atoms with Crippen LogP contribution in [0.3, 0.4) is 0 Å². The number of rotatable bonds is 2. The Morgan fingerprint density at radius 2 is 2.06 bits per heavy atom. The summed E-state index contributed by atoms with van der Waals surface area (Å²) < 4.78 is 0. The number of nitrogens with two attached hydrogens (primary N) is 1. The van der Waals surface area contributed by atoms with Crippen molar-refractivity contribution >= 4 is 5.91 Å². The monoisotopic (exact) mass is 234 g/mol. The fourth-order valence-corrected chi connectivity index (χ4v) is 3.14. The molecule has 1 saturated heterocycles. The lowest BCUT2D eigenvalue weighted by atomic mass is 9.86. The minimum atomic E-state index is -0.432. The fourth-order valence-electron chi connectivity index (χ4n) is 3.14. The molecular weight excluding hydrogens is 214 g/mol. The minimum absolute atomic E-state index is 0.363. The summed E-state index contributed by atoms with van der Waals surface area (Å²) in [4.78, 5) is 13.7. The number of carbonyl (C=O) groups is 1. The Labute approximate surface area is 103 Å². The van der Waals surface area contributed by atoms with Crippen LogP contribution in [-0.4, -0.2) is 29.4 Å². The molecule has 1 aliphatic heterocycles. The van der Waals surface area contributed by atoms with Crippen LogP contribution < -0.4 is 5.73 Å². The van der Waals surface area contributed by atoms with E-state index in [-0.39, 0.29) is 5.91 Å². The maximum absolute atomic E-state index is 11.5. The summed E-state index contributed by atoms with van der Waals surface area (Å²) in [5, 5.41) is 9.02. The van der Waals surface area contributed by atoms with Crippen molar-refractivity contribution in [3.63, 3.8) is 0 Å². The Kier molecular flexibility index (Phi) is 3.68. The molecule has 2 aliphatic rings. The number of hydrogen-bond acceptors (Lipinski definition) is 3. The van der Waals surface area contributed by atoms with Gasteiger partial charge in [-0.2, -0.15) is 5.26 Å². The zero-order valence-electron chi connectivity index (χ0n) is 10.4. The van der Waals surface area contributed by atoms with Crippen molar-refractivity contribution in [3.8, 4) is 6.07 Å². The summed E-state index contributed by atoms with van der Waals surface area (Å²) in [7, 11) is 0. The number of primary amides is 1. The van der Waals surface area contributed by atoms with Crippen LogP contribution in [0.15, 0.2) is 0 Å². The van der Waals surface area contributed by atoms with E-state index in [0.717, 1.165) is 25.3 Å². The molecule has 0 bridgehead atoms. The molecule has 0 spiro atoms. The molecule has 2 rings (SSSR count). The van der Waals surface area contributed by atoms with Crippen LogP contribution in [0.4, 0.5) is 0 Å². The number of nitrogens with zero attached hydrogens (tertiary/aromatic N) is 2. The van der Waals surface area contributed by atoms with Gasteiger partial charge < -0.3 is 5.73 Å². The van der Waals surface area contributed by atoms with Gasteiger partial charge in [0.15, 0.2) is 0 Å². The Morgan fingerprint density at radius 1 is 1.41 bits per heavy atom. The zero-order valence-corrected chi connectivity index (χ0v) is 10.4. The van der Waals surface area contributed by atoms with Crippen molar-refractivity contribution < 1.29 is 4.79 Å². The minimum Gasteiger partial charge on any atom is -0.368 e. The molecule has 1 atom stereocenters. The third-order valence-electron chi connectivity index (χ3n) is 4.17. The molecule has 0 aromatic carbocycles. The SMILES string of the molecule is CC1CCC(N2CC[C](C#N)C2C(N)=O)CC1. The maximum atomic E-state index is 11.5. The predicted molar refractivity (Wildman–Crippen MR) is 64.6 cm³/mol. The lowest BCUT2D eigenvalue weighted by molar-refractivity contribution is -0.122. The molecule has 2 N–H and O–H groups in total. The molecule has 17 heavy (non-hydrogen) atoms. The molecule has 0 aromatic heterocycles. The second kappa shape index (κ2) is 5.05. The first-order valence-corrected chi connectivity index (χ1v) is 6.44. The van der Waals surface area contributed by atoms with Gasteiger partial charge in [-0.05, 0) is 38.0 Å². The number of amides is 1. The Hall–Kier alpha value is -1.08. The molecule has 1 unspecified atom stereocenters. The number of nitriles is 1. The summed E-state index contributed by atoms with van der Waals surface area (Å²) in [5.74, 6) is 1.08. The molecule has 93 valence electrons. The van der Waals surface area contributed by atoms with Gasteiger partial charge in [-0.25, -0.2) is 0 Å². The summed E-state index contributed by atoms with van der Waals surface area (Å²) in [6.45, 7) is 3.09. The van der Waals surface area contributed by atoms with Crippen LogP contribution in [0, 0.1) is 23.2 Å².